The van der Waals surface area contributed by atoms with Crippen molar-refractivity contribution < 1.29 is 19.2 Å². The zero-order valence-corrected chi connectivity index (χ0v) is 14.7. The Kier molecular flexibility index (Phi) is 6.43. The second kappa shape index (κ2) is 8.75. The summed E-state index contributed by atoms with van der Waals surface area (Å²) in [7, 11) is 0. The Hall–Kier alpha value is -3.22. The molecule has 0 aliphatic rings. The Morgan fingerprint density at radius 2 is 1.81 bits per heavy atom. The van der Waals surface area contributed by atoms with Crippen molar-refractivity contribution in [3.05, 3.63) is 74.8 Å². The van der Waals surface area contributed by atoms with Crippen molar-refractivity contribution in [2.75, 3.05) is 6.54 Å². The van der Waals surface area contributed by atoms with Crippen LogP contribution in [0.1, 0.15) is 33.5 Å². The molecule has 0 atom stereocenters. The Bertz CT molecular complexity index is 815. The molecule has 136 valence electrons. The number of carbonyl (C=O) groups is 2. The lowest BCUT2D eigenvalue weighted by Gasteiger charge is -2.09. The van der Waals surface area contributed by atoms with Crippen LogP contribution < -0.4 is 5.32 Å². The topological polar surface area (TPSA) is 98.5 Å². The summed E-state index contributed by atoms with van der Waals surface area (Å²) in [6.07, 6.45) is 0.0452. The molecule has 0 saturated heterocycles. The quantitative estimate of drug-likeness (QED) is 0.467. The van der Waals surface area contributed by atoms with Crippen LogP contribution in [0.2, 0.25) is 0 Å². The van der Waals surface area contributed by atoms with E-state index in [1.807, 2.05) is 32.0 Å². The molecule has 2 aromatic rings. The highest BCUT2D eigenvalue weighted by Gasteiger charge is 2.10. The molecule has 0 fully saturated rings. The third-order valence-electron chi connectivity index (χ3n) is 3.85. The van der Waals surface area contributed by atoms with Gasteiger partial charge in [0.1, 0.15) is 6.61 Å². The van der Waals surface area contributed by atoms with E-state index >= 15 is 0 Å². The van der Waals surface area contributed by atoms with Crippen molar-refractivity contribution in [2.45, 2.75) is 26.9 Å². The van der Waals surface area contributed by atoms with Crippen molar-refractivity contribution >= 4 is 17.6 Å². The molecule has 0 saturated carbocycles. The van der Waals surface area contributed by atoms with E-state index in [0.29, 0.717) is 5.56 Å². The number of ether oxygens (including phenoxy) is 1. The van der Waals surface area contributed by atoms with Crippen LogP contribution in [0.5, 0.6) is 0 Å². The minimum Gasteiger partial charge on any atom is -0.461 e. The molecule has 0 bridgehead atoms. The van der Waals surface area contributed by atoms with Crippen molar-refractivity contribution in [2.24, 2.45) is 0 Å². The summed E-state index contributed by atoms with van der Waals surface area (Å²) in [6.45, 7) is 4.25. The van der Waals surface area contributed by atoms with Crippen molar-refractivity contribution in [1.82, 2.24) is 5.32 Å². The first-order valence-corrected chi connectivity index (χ1v) is 8.11. The molecule has 0 aromatic heterocycles. The van der Waals surface area contributed by atoms with Gasteiger partial charge in [0.2, 0.25) is 0 Å². The fraction of sp³-hybridized carbons (Fsp3) is 0.263. The average Bonchev–Trinajstić information content (AvgIpc) is 2.62. The number of nitro benzene ring substituents is 1. The largest absolute Gasteiger partial charge is 0.461 e. The van der Waals surface area contributed by atoms with Crippen LogP contribution in [-0.4, -0.2) is 23.3 Å². The lowest BCUT2D eigenvalue weighted by Crippen LogP contribution is -2.26. The van der Waals surface area contributed by atoms with Gasteiger partial charge in [0.25, 0.3) is 11.6 Å². The maximum Gasteiger partial charge on any atom is 0.307 e. The molecular formula is C19H20N2O5. The lowest BCUT2D eigenvalue weighted by atomic mass is 10.1. The summed E-state index contributed by atoms with van der Waals surface area (Å²) in [5.74, 6) is -0.808. The zero-order valence-electron chi connectivity index (χ0n) is 14.7. The Morgan fingerprint density at radius 1 is 1.12 bits per heavy atom. The summed E-state index contributed by atoms with van der Waals surface area (Å²) in [5.41, 5.74) is 3.30. The van der Waals surface area contributed by atoms with Crippen LogP contribution in [0.15, 0.2) is 42.5 Å². The molecule has 0 aliphatic heterocycles. The van der Waals surface area contributed by atoms with Gasteiger partial charge in [-0.2, -0.15) is 0 Å². The summed E-state index contributed by atoms with van der Waals surface area (Å²) in [4.78, 5) is 33.8. The number of hydrogen-bond donors (Lipinski definition) is 1. The van der Waals surface area contributed by atoms with Crippen molar-refractivity contribution in [3.63, 3.8) is 0 Å². The number of aryl methyl sites for hydroxylation is 2. The van der Waals surface area contributed by atoms with E-state index in [1.54, 1.807) is 0 Å². The average molecular weight is 356 g/mol. The summed E-state index contributed by atoms with van der Waals surface area (Å²) in [5, 5.41) is 13.2. The number of hydrogen-bond acceptors (Lipinski definition) is 5. The van der Waals surface area contributed by atoms with Crippen LogP contribution in [0.25, 0.3) is 0 Å². The molecule has 0 unspecified atom stereocenters. The predicted octanol–water partition coefficient (Wildman–Crippen LogP) is 3.07. The van der Waals surface area contributed by atoms with E-state index < -0.39 is 16.8 Å². The summed E-state index contributed by atoms with van der Waals surface area (Å²) in [6, 6.07) is 11.2. The Morgan fingerprint density at radius 3 is 2.46 bits per heavy atom. The maximum absolute atomic E-state index is 11.9. The lowest BCUT2D eigenvalue weighted by molar-refractivity contribution is -0.384. The number of non-ortho nitro benzene ring substituents is 1. The van der Waals surface area contributed by atoms with Gasteiger partial charge in [0.05, 0.1) is 11.3 Å². The van der Waals surface area contributed by atoms with Crippen LogP contribution in [-0.2, 0) is 16.1 Å². The first-order valence-electron chi connectivity index (χ1n) is 8.11. The van der Waals surface area contributed by atoms with Gasteiger partial charge in [-0.05, 0) is 37.1 Å². The SMILES string of the molecule is Cc1ccc(C)c(COC(=O)CCNC(=O)c2ccc([N+](=O)[O-])cc2)c1. The maximum atomic E-state index is 11.9. The molecule has 1 amide bonds. The van der Waals surface area contributed by atoms with E-state index in [4.69, 9.17) is 4.74 Å². The van der Waals surface area contributed by atoms with Crippen molar-refractivity contribution in [1.29, 1.82) is 0 Å². The van der Waals surface area contributed by atoms with E-state index in [2.05, 4.69) is 5.32 Å². The van der Waals surface area contributed by atoms with E-state index in [-0.39, 0.29) is 25.3 Å². The Balaban J connectivity index is 1.76. The molecule has 0 radical (unpaired) electrons. The van der Waals surface area contributed by atoms with Crippen molar-refractivity contribution in [3.8, 4) is 0 Å². The molecule has 1 N–H and O–H groups in total. The Labute approximate surface area is 151 Å². The second-order valence-electron chi connectivity index (χ2n) is 5.90. The predicted molar refractivity (Wildman–Crippen MR) is 95.8 cm³/mol. The highest BCUT2D eigenvalue weighted by molar-refractivity contribution is 5.94. The van der Waals surface area contributed by atoms with Crippen LogP contribution >= 0.6 is 0 Å². The number of amides is 1. The first-order chi connectivity index (χ1) is 12.4. The number of rotatable bonds is 7. The minimum atomic E-state index is -0.534. The second-order valence-corrected chi connectivity index (χ2v) is 5.90. The molecule has 0 aliphatic carbocycles. The highest BCUT2D eigenvalue weighted by atomic mass is 16.6. The van der Waals surface area contributed by atoms with Crippen LogP contribution in [0, 0.1) is 24.0 Å². The van der Waals surface area contributed by atoms with Gasteiger partial charge in [-0.1, -0.05) is 23.8 Å². The van der Waals surface area contributed by atoms with Gasteiger partial charge in [0.15, 0.2) is 0 Å². The van der Waals surface area contributed by atoms with Gasteiger partial charge >= 0.3 is 5.97 Å². The molecule has 0 spiro atoms. The fourth-order valence-electron chi connectivity index (χ4n) is 2.30. The zero-order chi connectivity index (χ0) is 19.1. The van der Waals surface area contributed by atoms with Gasteiger partial charge in [-0.15, -0.1) is 0 Å². The minimum absolute atomic E-state index is 0.0452. The highest BCUT2D eigenvalue weighted by Crippen LogP contribution is 2.13. The third-order valence-corrected chi connectivity index (χ3v) is 3.85. The molecule has 7 nitrogen and oxygen atoms in total. The first kappa shape index (κ1) is 19.1. The number of nitrogens with zero attached hydrogens (tertiary/aromatic N) is 1. The molecule has 0 heterocycles. The number of nitro groups is 1. The normalized spacial score (nSPS) is 10.2. The smallest absolute Gasteiger partial charge is 0.307 e. The monoisotopic (exact) mass is 356 g/mol. The molecular weight excluding hydrogens is 336 g/mol. The standard InChI is InChI=1S/C19H20N2O5/c1-13-3-4-14(2)16(11-13)12-26-18(22)9-10-20-19(23)15-5-7-17(8-6-15)21(24)25/h3-8,11H,9-10,12H2,1-2H3,(H,20,23). The van der Waals surface area contributed by atoms with E-state index in [1.165, 1.54) is 24.3 Å². The summed E-state index contributed by atoms with van der Waals surface area (Å²) >= 11 is 0. The van der Waals surface area contributed by atoms with Gasteiger partial charge in [0, 0.05) is 24.2 Å². The van der Waals surface area contributed by atoms with Crippen LogP contribution in [0.4, 0.5) is 5.69 Å². The molecule has 7 heteroatoms. The molecule has 26 heavy (non-hydrogen) atoms. The van der Waals surface area contributed by atoms with Crippen LogP contribution in [0.3, 0.4) is 0 Å². The van der Waals surface area contributed by atoms with Gasteiger partial charge in [-0.25, -0.2) is 0 Å². The molecule has 2 aromatic carbocycles. The third kappa shape index (κ3) is 5.41. The van der Waals surface area contributed by atoms with Gasteiger partial charge in [-0.3, -0.25) is 19.7 Å². The number of carbonyl (C=O) groups excluding carboxylic acids is 2. The van der Waals surface area contributed by atoms with E-state index in [0.717, 1.165) is 16.7 Å². The fourth-order valence-corrected chi connectivity index (χ4v) is 2.30. The number of esters is 1. The number of nitrogens with one attached hydrogen (secondary N) is 1. The summed E-state index contributed by atoms with van der Waals surface area (Å²) < 4.78 is 5.23. The molecule has 2 rings (SSSR count). The number of benzene rings is 2. The van der Waals surface area contributed by atoms with Gasteiger partial charge < -0.3 is 10.1 Å². The van der Waals surface area contributed by atoms with E-state index in [9.17, 15) is 19.7 Å².